The van der Waals surface area contributed by atoms with Crippen LogP contribution < -0.4 is 10.6 Å². The van der Waals surface area contributed by atoms with Crippen molar-refractivity contribution in [3.8, 4) is 0 Å². The fourth-order valence-corrected chi connectivity index (χ4v) is 2.80. The van der Waals surface area contributed by atoms with Gasteiger partial charge in [-0.15, -0.1) is 0 Å². The molecule has 0 saturated heterocycles. The third-order valence-electron chi connectivity index (χ3n) is 3.79. The van der Waals surface area contributed by atoms with Gasteiger partial charge in [0.1, 0.15) is 17.7 Å². The molecular formula is C20H20F2N2O4S. The van der Waals surface area contributed by atoms with Gasteiger partial charge in [0.2, 0.25) is 0 Å². The van der Waals surface area contributed by atoms with Gasteiger partial charge in [0, 0.05) is 11.6 Å². The van der Waals surface area contributed by atoms with Gasteiger partial charge in [0.25, 0.3) is 11.8 Å². The maximum absolute atomic E-state index is 13.6. The van der Waals surface area contributed by atoms with Crippen LogP contribution in [0.2, 0.25) is 0 Å². The maximum atomic E-state index is 13.6. The van der Waals surface area contributed by atoms with E-state index in [1.165, 1.54) is 11.8 Å². The van der Waals surface area contributed by atoms with Gasteiger partial charge in [-0.2, -0.15) is 11.8 Å². The number of esters is 1. The van der Waals surface area contributed by atoms with E-state index >= 15 is 0 Å². The van der Waals surface area contributed by atoms with Gasteiger partial charge in [-0.05, 0) is 42.7 Å². The van der Waals surface area contributed by atoms with E-state index in [0.717, 1.165) is 12.1 Å². The van der Waals surface area contributed by atoms with E-state index in [9.17, 15) is 23.2 Å². The van der Waals surface area contributed by atoms with Crippen LogP contribution in [0.5, 0.6) is 0 Å². The normalized spacial score (nSPS) is 11.4. The van der Waals surface area contributed by atoms with Crippen LogP contribution in [0.1, 0.15) is 16.8 Å². The molecular weight excluding hydrogens is 402 g/mol. The topological polar surface area (TPSA) is 84.5 Å². The van der Waals surface area contributed by atoms with E-state index in [1.54, 1.807) is 30.3 Å². The van der Waals surface area contributed by atoms with E-state index < -0.39 is 42.1 Å². The molecule has 6 nitrogen and oxygen atoms in total. The molecule has 0 aliphatic carbocycles. The molecule has 0 unspecified atom stereocenters. The molecule has 9 heteroatoms. The number of halogens is 2. The number of thioether (sulfide) groups is 1. The maximum Gasteiger partial charge on any atom is 0.329 e. The highest BCUT2D eigenvalue weighted by Gasteiger charge is 2.23. The van der Waals surface area contributed by atoms with Crippen molar-refractivity contribution in [2.75, 3.05) is 23.9 Å². The number of carbonyl (C=O) groups is 3. The van der Waals surface area contributed by atoms with Crippen molar-refractivity contribution in [2.45, 2.75) is 12.5 Å². The zero-order chi connectivity index (χ0) is 21.2. The fourth-order valence-electron chi connectivity index (χ4n) is 2.33. The summed E-state index contributed by atoms with van der Waals surface area (Å²) in [6.07, 6.45) is 2.17. The molecule has 0 aliphatic rings. The first-order valence-electron chi connectivity index (χ1n) is 8.67. The Labute approximate surface area is 171 Å². The quantitative estimate of drug-likeness (QED) is 0.607. The van der Waals surface area contributed by atoms with Gasteiger partial charge >= 0.3 is 5.97 Å². The number of hydrogen-bond acceptors (Lipinski definition) is 5. The minimum atomic E-state index is -0.947. The van der Waals surface area contributed by atoms with Crippen molar-refractivity contribution < 1.29 is 27.9 Å². The molecule has 0 heterocycles. The van der Waals surface area contributed by atoms with Gasteiger partial charge in [-0.25, -0.2) is 13.6 Å². The molecule has 0 spiro atoms. The van der Waals surface area contributed by atoms with E-state index in [1.807, 2.05) is 6.26 Å². The SMILES string of the molecule is CSCC[C@@H](NC(=O)c1ccccc1)C(=O)OCC(=O)Nc1ccc(F)cc1F. The summed E-state index contributed by atoms with van der Waals surface area (Å²) < 4.78 is 31.4. The number of amides is 2. The van der Waals surface area contributed by atoms with Gasteiger partial charge in [0.05, 0.1) is 5.69 Å². The first kappa shape index (κ1) is 22.4. The van der Waals surface area contributed by atoms with Gasteiger partial charge in [0.15, 0.2) is 6.61 Å². The first-order valence-corrected chi connectivity index (χ1v) is 10.1. The average molecular weight is 422 g/mol. The molecule has 1 atom stereocenters. The molecule has 0 saturated carbocycles. The molecule has 0 bridgehead atoms. The van der Waals surface area contributed by atoms with Crippen LogP contribution in [0.3, 0.4) is 0 Å². The van der Waals surface area contributed by atoms with Crippen LogP contribution in [-0.4, -0.2) is 42.4 Å². The molecule has 2 amide bonds. The number of carbonyl (C=O) groups excluding carboxylic acids is 3. The summed E-state index contributed by atoms with van der Waals surface area (Å²) in [4.78, 5) is 36.5. The summed E-state index contributed by atoms with van der Waals surface area (Å²) in [5.41, 5.74) is 0.155. The fraction of sp³-hybridized carbons (Fsp3) is 0.250. The van der Waals surface area contributed by atoms with Crippen molar-refractivity contribution in [1.29, 1.82) is 0 Å². The second kappa shape index (κ2) is 11.2. The van der Waals surface area contributed by atoms with Crippen LogP contribution in [0.15, 0.2) is 48.5 Å². The minimum Gasteiger partial charge on any atom is -0.454 e. The Balaban J connectivity index is 1.92. The number of ether oxygens (including phenoxy) is 1. The van der Waals surface area contributed by atoms with Crippen molar-refractivity contribution in [3.63, 3.8) is 0 Å². The van der Waals surface area contributed by atoms with Crippen molar-refractivity contribution in [2.24, 2.45) is 0 Å². The summed E-state index contributed by atoms with van der Waals surface area (Å²) >= 11 is 1.49. The van der Waals surface area contributed by atoms with Crippen LogP contribution in [0.4, 0.5) is 14.5 Å². The predicted octanol–water partition coefficient (Wildman–Crippen LogP) is 3.00. The number of rotatable bonds is 9. The summed E-state index contributed by atoms with van der Waals surface area (Å²) in [5, 5.41) is 4.79. The van der Waals surface area contributed by atoms with E-state index in [-0.39, 0.29) is 5.69 Å². The molecule has 2 aromatic carbocycles. The van der Waals surface area contributed by atoms with Crippen LogP contribution in [0.25, 0.3) is 0 Å². The predicted molar refractivity (Wildman–Crippen MR) is 107 cm³/mol. The largest absolute Gasteiger partial charge is 0.454 e. The lowest BCUT2D eigenvalue weighted by Crippen LogP contribution is -2.43. The summed E-state index contributed by atoms with van der Waals surface area (Å²) in [6, 6.07) is 10.1. The van der Waals surface area contributed by atoms with Crippen LogP contribution >= 0.6 is 11.8 Å². The van der Waals surface area contributed by atoms with Crippen molar-refractivity contribution in [1.82, 2.24) is 5.32 Å². The molecule has 0 aliphatic heterocycles. The summed E-state index contributed by atoms with van der Waals surface area (Å²) in [5.74, 6) is -3.15. The highest BCUT2D eigenvalue weighted by molar-refractivity contribution is 7.98. The van der Waals surface area contributed by atoms with E-state index in [4.69, 9.17) is 4.74 Å². The van der Waals surface area contributed by atoms with E-state index in [2.05, 4.69) is 10.6 Å². The number of hydrogen-bond donors (Lipinski definition) is 2. The number of nitrogens with one attached hydrogen (secondary N) is 2. The zero-order valence-corrected chi connectivity index (χ0v) is 16.4. The standard InChI is InChI=1S/C20H20F2N2O4S/c1-29-10-9-17(24-19(26)13-5-3-2-4-6-13)20(27)28-12-18(25)23-16-8-7-14(21)11-15(16)22/h2-8,11,17H,9-10,12H2,1H3,(H,23,25)(H,24,26)/t17-/m1/s1. The second-order valence-electron chi connectivity index (χ2n) is 5.95. The summed E-state index contributed by atoms with van der Waals surface area (Å²) in [6.45, 7) is -0.674. The molecule has 2 N–H and O–H groups in total. The monoisotopic (exact) mass is 422 g/mol. The van der Waals surface area contributed by atoms with Gasteiger partial charge in [-0.3, -0.25) is 9.59 Å². The third kappa shape index (κ3) is 7.19. The van der Waals surface area contributed by atoms with E-state index in [0.29, 0.717) is 23.8 Å². The third-order valence-corrected chi connectivity index (χ3v) is 4.43. The molecule has 154 valence electrons. The van der Waals surface area contributed by atoms with Crippen molar-refractivity contribution in [3.05, 3.63) is 65.7 Å². The van der Waals surface area contributed by atoms with Gasteiger partial charge < -0.3 is 15.4 Å². The molecule has 2 rings (SSSR count). The molecule has 29 heavy (non-hydrogen) atoms. The zero-order valence-electron chi connectivity index (χ0n) is 15.6. The molecule has 0 fully saturated rings. The Hall–Kier alpha value is -2.94. The lowest BCUT2D eigenvalue weighted by molar-refractivity contribution is -0.149. The van der Waals surface area contributed by atoms with Crippen molar-refractivity contribution >= 4 is 35.2 Å². The number of anilines is 1. The number of benzene rings is 2. The Morgan fingerprint density at radius 3 is 2.48 bits per heavy atom. The Morgan fingerprint density at radius 1 is 1.10 bits per heavy atom. The van der Waals surface area contributed by atoms with Crippen LogP contribution in [-0.2, 0) is 14.3 Å². The smallest absolute Gasteiger partial charge is 0.329 e. The van der Waals surface area contributed by atoms with Crippen LogP contribution in [0, 0.1) is 11.6 Å². The lowest BCUT2D eigenvalue weighted by atomic mass is 10.1. The molecule has 2 aromatic rings. The Bertz CT molecular complexity index is 865. The Kier molecular flexibility index (Phi) is 8.60. The first-order chi connectivity index (χ1) is 13.9. The summed E-state index contributed by atoms with van der Waals surface area (Å²) in [7, 11) is 0. The lowest BCUT2D eigenvalue weighted by Gasteiger charge is -2.17. The molecule has 0 radical (unpaired) electrons. The highest BCUT2D eigenvalue weighted by Crippen LogP contribution is 2.14. The second-order valence-corrected chi connectivity index (χ2v) is 6.94. The molecule has 0 aromatic heterocycles. The average Bonchev–Trinajstić information content (AvgIpc) is 2.71. The minimum absolute atomic E-state index is 0.233. The highest BCUT2D eigenvalue weighted by atomic mass is 32.2. The Morgan fingerprint density at radius 2 is 1.83 bits per heavy atom. The van der Waals surface area contributed by atoms with Gasteiger partial charge in [-0.1, -0.05) is 18.2 Å².